The molecule has 0 unspecified atom stereocenters. The molecule has 0 nitrogen and oxygen atoms in total. The van der Waals surface area contributed by atoms with Crippen LogP contribution in [0, 0.1) is 0 Å². The second-order valence-corrected chi connectivity index (χ2v) is 37.6. The van der Waals surface area contributed by atoms with Crippen LogP contribution in [0.1, 0.15) is 6.42 Å². The van der Waals surface area contributed by atoms with Crippen molar-refractivity contribution in [2.45, 2.75) is 16.9 Å². The second-order valence-electron chi connectivity index (χ2n) is 4.34. The maximum atomic E-state index is 2.49. The third-order valence-electron chi connectivity index (χ3n) is 1.87. The summed E-state index contributed by atoms with van der Waals surface area (Å²) in [6.45, 7) is 0. The Labute approximate surface area is 91.2 Å². The van der Waals surface area contributed by atoms with Crippen LogP contribution in [0.4, 0.5) is 0 Å². The molecule has 0 aromatic rings. The van der Waals surface area contributed by atoms with Gasteiger partial charge in [-0.1, -0.05) is 0 Å². The monoisotopic (exact) mass is 275 g/mol. The predicted octanol–water partition coefficient (Wildman–Crippen LogP) is 1.56. The Balaban J connectivity index is 0. The van der Waals surface area contributed by atoms with Crippen LogP contribution in [0.3, 0.4) is 0 Å². The first kappa shape index (κ1) is 15.7. The van der Waals surface area contributed by atoms with E-state index in [-0.39, 0.29) is 24.8 Å². The summed E-state index contributed by atoms with van der Waals surface area (Å²) in [5.41, 5.74) is 0. The first-order valence-corrected chi connectivity index (χ1v) is 15.6. The standard InChI is InChI=1S/C5H5.2CH3.2ClH.2H2Si.Ti/c1-2-4-5-3-1;;;;;;;/h1-3H,4H2;2*1H3;2*1H;2*1H2;. The van der Waals surface area contributed by atoms with Crippen molar-refractivity contribution in [2.24, 2.45) is 0 Å². The van der Waals surface area contributed by atoms with E-state index in [1.807, 2.05) is 0 Å². The van der Waals surface area contributed by atoms with Gasteiger partial charge in [0, 0.05) is 0 Å². The Morgan fingerprint density at radius 2 is 1.75 bits per heavy atom. The third kappa shape index (κ3) is 4.45. The number of halogens is 2. The van der Waals surface area contributed by atoms with E-state index in [4.69, 9.17) is 0 Å². The van der Waals surface area contributed by atoms with Gasteiger partial charge in [-0.2, -0.15) is 0 Å². The number of hydrogen-bond donors (Lipinski definition) is 0. The topological polar surface area (TPSA) is 0 Å². The summed E-state index contributed by atoms with van der Waals surface area (Å²) >= 11 is -1.96. The van der Waals surface area contributed by atoms with E-state index in [0.29, 0.717) is 0 Å². The molecule has 5 heteroatoms. The van der Waals surface area contributed by atoms with Gasteiger partial charge in [0.15, 0.2) is 0 Å². The maximum absolute atomic E-state index is 2.49. The van der Waals surface area contributed by atoms with E-state index in [1.54, 1.807) is 3.88 Å². The molecule has 0 heterocycles. The minimum atomic E-state index is -1.96. The van der Waals surface area contributed by atoms with E-state index in [2.05, 4.69) is 43.9 Å². The zero-order chi connectivity index (χ0) is 7.85. The SMILES string of the molecule is Cl.Cl.[CH3][Ti]([CH3])(=[SiH2])(=[SiH2])[C]1=CC=CC1. The Kier molecular flexibility index (Phi) is 6.04. The number of rotatable bonds is 1. The molecular formula is C7H17Cl2Si2Ti. The molecule has 0 fully saturated rings. The molecule has 0 bridgehead atoms. The van der Waals surface area contributed by atoms with Gasteiger partial charge in [0.2, 0.25) is 0 Å². The summed E-state index contributed by atoms with van der Waals surface area (Å²) < 4.78 is 1.74. The summed E-state index contributed by atoms with van der Waals surface area (Å²) in [6.07, 6.45) is 8.04. The van der Waals surface area contributed by atoms with Crippen molar-refractivity contribution < 1.29 is 12.8 Å². The first-order valence-electron chi connectivity index (χ1n) is 3.67. The van der Waals surface area contributed by atoms with Gasteiger partial charge in [0.25, 0.3) is 0 Å². The number of hydrogen-bond acceptors (Lipinski definition) is 0. The fraction of sp³-hybridized carbons (Fsp3) is 0.429. The molecule has 0 saturated heterocycles. The molecule has 1 aliphatic carbocycles. The van der Waals surface area contributed by atoms with Crippen molar-refractivity contribution in [1.82, 2.24) is 0 Å². The Bertz CT molecular complexity index is 324. The Morgan fingerprint density at radius 1 is 1.25 bits per heavy atom. The van der Waals surface area contributed by atoms with Crippen LogP contribution in [0.25, 0.3) is 0 Å². The van der Waals surface area contributed by atoms with Gasteiger partial charge >= 0.3 is 67.0 Å². The molecule has 0 aromatic heterocycles. The van der Waals surface area contributed by atoms with E-state index in [1.165, 1.54) is 6.42 Å². The van der Waals surface area contributed by atoms with Crippen LogP contribution in [0.15, 0.2) is 22.1 Å². The van der Waals surface area contributed by atoms with Crippen LogP contribution < -0.4 is 0 Å². The van der Waals surface area contributed by atoms with Crippen LogP contribution in [-0.2, 0) is 12.8 Å². The molecule has 71 valence electrons. The van der Waals surface area contributed by atoms with Gasteiger partial charge in [-0.25, -0.2) is 0 Å². The molecule has 0 N–H and O–H groups in total. The Morgan fingerprint density at radius 3 is 1.92 bits per heavy atom. The molecule has 0 amide bonds. The van der Waals surface area contributed by atoms with E-state index in [0.717, 1.165) is 0 Å². The third-order valence-corrected chi connectivity index (χ3v) is 9.62. The van der Waals surface area contributed by atoms with Crippen LogP contribution in [0.2, 0.25) is 10.5 Å². The first-order chi connectivity index (χ1) is 4.36. The van der Waals surface area contributed by atoms with Gasteiger partial charge in [0.05, 0.1) is 0 Å². The van der Waals surface area contributed by atoms with Crippen molar-refractivity contribution in [1.29, 1.82) is 0 Å². The summed E-state index contributed by atoms with van der Waals surface area (Å²) in [4.78, 5) is 0. The van der Waals surface area contributed by atoms with Gasteiger partial charge < -0.3 is 0 Å². The Hall–Kier alpha value is 1.21. The molecule has 0 aliphatic heterocycles. The minimum absolute atomic E-state index is 0. The second kappa shape index (κ2) is 4.63. The molecule has 0 atom stereocenters. The van der Waals surface area contributed by atoms with Crippen LogP contribution in [-0.4, -0.2) is 15.3 Å². The predicted molar refractivity (Wildman–Crippen MR) is 65.2 cm³/mol. The van der Waals surface area contributed by atoms with Gasteiger partial charge in [-0.05, 0) is 0 Å². The molecule has 1 rings (SSSR count). The molecule has 0 aromatic carbocycles. The molecule has 0 radical (unpaired) electrons. The average Bonchev–Trinajstić information content (AvgIpc) is 2.04. The van der Waals surface area contributed by atoms with E-state index >= 15 is 0 Å². The van der Waals surface area contributed by atoms with Crippen LogP contribution in [0.5, 0.6) is 0 Å². The summed E-state index contributed by atoms with van der Waals surface area (Å²) in [6, 6.07) is 0. The molecular weight excluding hydrogens is 259 g/mol. The average molecular weight is 276 g/mol. The summed E-state index contributed by atoms with van der Waals surface area (Å²) in [5.74, 6) is 0. The summed E-state index contributed by atoms with van der Waals surface area (Å²) in [7, 11) is 4.54. The van der Waals surface area contributed by atoms with Gasteiger partial charge in [-0.15, -0.1) is 24.8 Å². The quantitative estimate of drug-likeness (QED) is 0.638. The van der Waals surface area contributed by atoms with Crippen LogP contribution >= 0.6 is 24.8 Å². The van der Waals surface area contributed by atoms with E-state index in [9.17, 15) is 0 Å². The van der Waals surface area contributed by atoms with Crippen molar-refractivity contribution in [2.75, 3.05) is 0 Å². The van der Waals surface area contributed by atoms with Crippen molar-refractivity contribution >= 4 is 40.1 Å². The normalized spacial score (nSPS) is 16.1. The zero-order valence-corrected chi connectivity index (χ0v) is 13.7. The van der Waals surface area contributed by atoms with Crippen molar-refractivity contribution in [3.63, 3.8) is 0 Å². The van der Waals surface area contributed by atoms with Crippen molar-refractivity contribution in [3.8, 4) is 0 Å². The number of allylic oxidation sites excluding steroid dienone is 4. The van der Waals surface area contributed by atoms with E-state index < -0.39 is 12.8 Å². The molecule has 0 saturated carbocycles. The molecule has 1 aliphatic rings. The summed E-state index contributed by atoms with van der Waals surface area (Å²) in [5, 5.41) is 4.99. The van der Waals surface area contributed by atoms with Crippen molar-refractivity contribution in [3.05, 3.63) is 22.1 Å². The van der Waals surface area contributed by atoms with Gasteiger partial charge in [-0.3, -0.25) is 0 Å². The fourth-order valence-electron chi connectivity index (χ4n) is 1.08. The molecule has 12 heavy (non-hydrogen) atoms. The molecule has 0 spiro atoms. The fourth-order valence-corrected chi connectivity index (χ4v) is 5.55. The van der Waals surface area contributed by atoms with Gasteiger partial charge in [0.1, 0.15) is 0 Å². The zero-order valence-electron chi connectivity index (χ0n) is 7.67.